The smallest absolute Gasteiger partial charge is 0.208 e. The number of likely N-dealkylation sites (tertiary alicyclic amines) is 1. The van der Waals surface area contributed by atoms with Gasteiger partial charge in [0.1, 0.15) is 5.76 Å². The van der Waals surface area contributed by atoms with Crippen LogP contribution in [0.1, 0.15) is 64.5 Å². The van der Waals surface area contributed by atoms with Crippen molar-refractivity contribution >= 4 is 0 Å². The zero-order valence-electron chi connectivity index (χ0n) is 13.7. The number of rotatable bonds is 3. The second-order valence-corrected chi connectivity index (χ2v) is 7.60. The topological polar surface area (TPSA) is 41.3 Å². The Morgan fingerprint density at radius 2 is 2.14 bits per heavy atom. The van der Waals surface area contributed by atoms with Crippen molar-refractivity contribution in [1.29, 1.82) is 0 Å². The third kappa shape index (κ3) is 3.49. The summed E-state index contributed by atoms with van der Waals surface area (Å²) in [5.41, 5.74) is 0.0412. The first-order valence-electron chi connectivity index (χ1n) is 8.46. The Hall–Kier alpha value is -0.870. The van der Waals surface area contributed by atoms with E-state index in [1.807, 2.05) is 6.20 Å². The third-order valence-corrected chi connectivity index (χ3v) is 4.86. The molecule has 0 bridgehead atoms. The van der Waals surface area contributed by atoms with Gasteiger partial charge in [0.25, 0.3) is 0 Å². The van der Waals surface area contributed by atoms with Crippen molar-refractivity contribution in [2.45, 2.75) is 76.9 Å². The molecule has 2 unspecified atom stereocenters. The highest BCUT2D eigenvalue weighted by Gasteiger charge is 2.32. The van der Waals surface area contributed by atoms with Gasteiger partial charge < -0.3 is 9.73 Å². The van der Waals surface area contributed by atoms with Gasteiger partial charge in [0.05, 0.1) is 12.7 Å². The lowest BCUT2D eigenvalue weighted by Crippen LogP contribution is -2.49. The van der Waals surface area contributed by atoms with Crippen LogP contribution in [0.2, 0.25) is 0 Å². The first kappa shape index (κ1) is 15.0. The fourth-order valence-electron chi connectivity index (χ4n) is 3.61. The Morgan fingerprint density at radius 3 is 2.81 bits per heavy atom. The molecule has 2 aliphatic rings. The van der Waals surface area contributed by atoms with Crippen molar-refractivity contribution in [3.8, 4) is 0 Å². The Bertz CT molecular complexity index is 457. The second kappa shape index (κ2) is 6.09. The van der Waals surface area contributed by atoms with Crippen LogP contribution in [0.4, 0.5) is 0 Å². The highest BCUT2D eigenvalue weighted by Crippen LogP contribution is 2.27. The van der Waals surface area contributed by atoms with Crippen LogP contribution in [0.3, 0.4) is 0 Å². The number of oxazole rings is 1. The largest absolute Gasteiger partial charge is 0.444 e. The second-order valence-electron chi connectivity index (χ2n) is 7.60. The molecule has 1 aromatic rings. The summed E-state index contributed by atoms with van der Waals surface area (Å²) in [5, 5.41) is 3.68. The predicted molar refractivity (Wildman–Crippen MR) is 84.3 cm³/mol. The average molecular weight is 291 g/mol. The number of nitrogens with zero attached hydrogens (tertiary/aromatic N) is 2. The molecular formula is C17H29N3O. The number of nitrogens with one attached hydrogen (secondary N) is 1. The van der Waals surface area contributed by atoms with E-state index < -0.39 is 0 Å². The predicted octanol–water partition coefficient (Wildman–Crippen LogP) is 3.08. The zero-order chi connectivity index (χ0) is 14.9. The fourth-order valence-corrected chi connectivity index (χ4v) is 3.61. The van der Waals surface area contributed by atoms with Crippen LogP contribution >= 0.6 is 0 Å². The van der Waals surface area contributed by atoms with E-state index in [1.165, 1.54) is 45.2 Å². The molecule has 1 N–H and O–H groups in total. The van der Waals surface area contributed by atoms with Crippen molar-refractivity contribution in [3.63, 3.8) is 0 Å². The highest BCUT2D eigenvalue weighted by atomic mass is 16.4. The third-order valence-electron chi connectivity index (χ3n) is 4.86. The van der Waals surface area contributed by atoms with Gasteiger partial charge in [0.15, 0.2) is 0 Å². The van der Waals surface area contributed by atoms with Crippen LogP contribution in [0.15, 0.2) is 10.6 Å². The van der Waals surface area contributed by atoms with Gasteiger partial charge in [-0.15, -0.1) is 0 Å². The van der Waals surface area contributed by atoms with E-state index in [4.69, 9.17) is 4.42 Å². The van der Waals surface area contributed by atoms with Crippen LogP contribution in [0.25, 0.3) is 0 Å². The lowest BCUT2D eigenvalue weighted by molar-refractivity contribution is 0.101. The van der Waals surface area contributed by atoms with Crippen molar-refractivity contribution in [2.75, 3.05) is 13.1 Å². The van der Waals surface area contributed by atoms with E-state index in [9.17, 15) is 0 Å². The van der Waals surface area contributed by atoms with Crippen LogP contribution in [-0.4, -0.2) is 35.1 Å². The summed E-state index contributed by atoms with van der Waals surface area (Å²) in [4.78, 5) is 7.10. The molecule has 4 heteroatoms. The van der Waals surface area contributed by atoms with Crippen LogP contribution in [0, 0.1) is 0 Å². The molecule has 0 spiro atoms. The Morgan fingerprint density at radius 1 is 1.29 bits per heavy atom. The standard InChI is InChI=1S/C17H29N3O/c1-17(2,3)15-11-19-16(21-15)12-20-10-5-4-8-14(20)13-7-6-9-18-13/h11,13-14,18H,4-10,12H2,1-3H3. The molecule has 0 aromatic carbocycles. The Labute approximate surface area is 128 Å². The maximum Gasteiger partial charge on any atom is 0.208 e. The fraction of sp³-hybridized carbons (Fsp3) is 0.824. The lowest BCUT2D eigenvalue weighted by atomic mass is 9.94. The molecule has 2 saturated heterocycles. The number of piperidine rings is 1. The van der Waals surface area contributed by atoms with Gasteiger partial charge in [-0.25, -0.2) is 4.98 Å². The summed E-state index contributed by atoms with van der Waals surface area (Å²) in [6, 6.07) is 1.33. The van der Waals surface area contributed by atoms with Crippen molar-refractivity contribution in [3.05, 3.63) is 17.8 Å². The summed E-state index contributed by atoms with van der Waals surface area (Å²) in [7, 11) is 0. The van der Waals surface area contributed by atoms with E-state index in [0.717, 1.165) is 18.2 Å². The van der Waals surface area contributed by atoms with E-state index >= 15 is 0 Å². The van der Waals surface area contributed by atoms with Gasteiger partial charge in [-0.05, 0) is 38.8 Å². The van der Waals surface area contributed by atoms with E-state index in [0.29, 0.717) is 12.1 Å². The van der Waals surface area contributed by atoms with Gasteiger partial charge in [0, 0.05) is 17.5 Å². The SMILES string of the molecule is CC(C)(C)c1cnc(CN2CCCCC2C2CCCN2)o1. The van der Waals surface area contributed by atoms with Gasteiger partial charge in [-0.1, -0.05) is 27.2 Å². The summed E-state index contributed by atoms with van der Waals surface area (Å²) in [6.07, 6.45) is 8.52. The van der Waals surface area contributed by atoms with Gasteiger partial charge in [-0.3, -0.25) is 4.90 Å². The van der Waals surface area contributed by atoms with Crippen molar-refractivity contribution in [1.82, 2.24) is 15.2 Å². The van der Waals surface area contributed by atoms with Crippen LogP contribution in [0.5, 0.6) is 0 Å². The first-order chi connectivity index (χ1) is 10.0. The molecule has 4 nitrogen and oxygen atoms in total. The van der Waals surface area contributed by atoms with E-state index in [-0.39, 0.29) is 5.41 Å². The molecule has 21 heavy (non-hydrogen) atoms. The number of aromatic nitrogens is 1. The molecule has 3 heterocycles. The zero-order valence-corrected chi connectivity index (χ0v) is 13.7. The minimum atomic E-state index is 0.0412. The first-order valence-corrected chi connectivity index (χ1v) is 8.46. The summed E-state index contributed by atoms with van der Waals surface area (Å²) < 4.78 is 5.99. The maximum absolute atomic E-state index is 5.99. The number of hydrogen-bond donors (Lipinski definition) is 1. The van der Waals surface area contributed by atoms with Crippen LogP contribution < -0.4 is 5.32 Å². The molecule has 118 valence electrons. The van der Waals surface area contributed by atoms with Crippen LogP contribution in [-0.2, 0) is 12.0 Å². The minimum absolute atomic E-state index is 0.0412. The quantitative estimate of drug-likeness (QED) is 0.929. The van der Waals surface area contributed by atoms with Gasteiger partial charge in [-0.2, -0.15) is 0 Å². The summed E-state index contributed by atoms with van der Waals surface area (Å²) >= 11 is 0. The lowest BCUT2D eigenvalue weighted by Gasteiger charge is -2.38. The average Bonchev–Trinajstić information content (AvgIpc) is 3.09. The molecule has 0 amide bonds. The molecular weight excluding hydrogens is 262 g/mol. The molecule has 0 radical (unpaired) electrons. The molecule has 0 saturated carbocycles. The van der Waals surface area contributed by atoms with Gasteiger partial charge in [0.2, 0.25) is 5.89 Å². The molecule has 2 atom stereocenters. The number of hydrogen-bond acceptors (Lipinski definition) is 4. The molecule has 3 rings (SSSR count). The maximum atomic E-state index is 5.99. The molecule has 2 fully saturated rings. The molecule has 0 aliphatic carbocycles. The minimum Gasteiger partial charge on any atom is -0.444 e. The van der Waals surface area contributed by atoms with Crippen molar-refractivity contribution in [2.24, 2.45) is 0 Å². The Balaban J connectivity index is 1.68. The van der Waals surface area contributed by atoms with Gasteiger partial charge >= 0.3 is 0 Å². The van der Waals surface area contributed by atoms with E-state index in [2.05, 4.69) is 36.0 Å². The monoisotopic (exact) mass is 291 g/mol. The summed E-state index contributed by atoms with van der Waals surface area (Å²) in [5.74, 6) is 1.87. The summed E-state index contributed by atoms with van der Waals surface area (Å²) in [6.45, 7) is 9.73. The Kier molecular flexibility index (Phi) is 4.36. The highest BCUT2D eigenvalue weighted by molar-refractivity contribution is 5.06. The van der Waals surface area contributed by atoms with Crippen molar-refractivity contribution < 1.29 is 4.42 Å². The van der Waals surface area contributed by atoms with E-state index in [1.54, 1.807) is 0 Å². The normalized spacial score (nSPS) is 28.1. The molecule has 1 aromatic heterocycles. The molecule has 2 aliphatic heterocycles.